The Hall–Kier alpha value is -2.36. The summed E-state index contributed by atoms with van der Waals surface area (Å²) in [5.41, 5.74) is -2.73. The lowest BCUT2D eigenvalue weighted by molar-refractivity contribution is -0.137. The molecule has 0 aromatic heterocycles. The molecule has 1 aliphatic heterocycles. The van der Waals surface area contributed by atoms with Gasteiger partial charge in [-0.05, 0) is 30.3 Å². The molecule has 12 heteroatoms. The van der Waals surface area contributed by atoms with Crippen LogP contribution < -0.4 is 4.74 Å². The van der Waals surface area contributed by atoms with Gasteiger partial charge in [-0.15, -0.1) is 0 Å². The molecule has 166 valence electrons. The second-order valence-corrected chi connectivity index (χ2v) is 9.23. The van der Waals surface area contributed by atoms with E-state index in [-0.39, 0.29) is 12.3 Å². The lowest BCUT2D eigenvalue weighted by atomic mass is 10.0. The second kappa shape index (κ2) is 8.29. The van der Waals surface area contributed by atoms with E-state index in [1.807, 2.05) is 0 Å². The van der Waals surface area contributed by atoms with Gasteiger partial charge < -0.3 is 14.9 Å². The van der Waals surface area contributed by atoms with E-state index in [2.05, 4.69) is 4.85 Å². The van der Waals surface area contributed by atoms with Crippen LogP contribution in [0.15, 0.2) is 47.4 Å². The van der Waals surface area contributed by atoms with Crippen molar-refractivity contribution < 1.29 is 36.5 Å². The van der Waals surface area contributed by atoms with Gasteiger partial charge in [-0.1, -0.05) is 23.7 Å². The van der Waals surface area contributed by atoms with Crippen molar-refractivity contribution >= 4 is 27.3 Å². The summed E-state index contributed by atoms with van der Waals surface area (Å²) in [5.74, 6) is 0.232. The van der Waals surface area contributed by atoms with Crippen molar-refractivity contribution in [1.29, 1.82) is 0 Å². The summed E-state index contributed by atoms with van der Waals surface area (Å²) in [7, 11) is -4.41. The third-order valence-corrected chi connectivity index (χ3v) is 7.11. The van der Waals surface area contributed by atoms with Gasteiger partial charge in [0.1, 0.15) is 22.4 Å². The Morgan fingerprint density at radius 1 is 1.26 bits per heavy atom. The van der Waals surface area contributed by atoms with E-state index >= 15 is 0 Å². The summed E-state index contributed by atoms with van der Waals surface area (Å²) >= 11 is 5.82. The predicted octanol–water partition coefficient (Wildman–Crippen LogP) is 3.08. The van der Waals surface area contributed by atoms with E-state index in [0.717, 1.165) is 10.4 Å². The minimum Gasteiger partial charge on any atom is -0.486 e. The van der Waals surface area contributed by atoms with Crippen molar-refractivity contribution in [3.05, 3.63) is 64.5 Å². The van der Waals surface area contributed by atoms with Gasteiger partial charge in [-0.3, -0.25) is 0 Å². The van der Waals surface area contributed by atoms with Crippen molar-refractivity contribution in [2.45, 2.75) is 22.8 Å². The molecule has 2 N–H and O–H groups in total. The van der Waals surface area contributed by atoms with Gasteiger partial charge in [-0.2, -0.15) is 17.5 Å². The first kappa shape index (κ1) is 23.3. The van der Waals surface area contributed by atoms with Crippen molar-refractivity contribution in [3.63, 3.8) is 0 Å². The standard InChI is InChI=1S/C19H16ClF3N2O5S/c1-24-13-3-5-14(6-4-13)30-17-9-25(10-18(17,27)11-26)31(28,29)16-7-2-12(8-15(16)20)19(21,22)23/h2-8,17,26-27H,9-11H2/t17-,18+/m0/s1. The topological polar surface area (TPSA) is 91.4 Å². The smallest absolute Gasteiger partial charge is 0.416 e. The van der Waals surface area contributed by atoms with Crippen LogP contribution in [0.1, 0.15) is 5.56 Å². The van der Waals surface area contributed by atoms with Gasteiger partial charge in [-0.25, -0.2) is 13.3 Å². The molecule has 1 aliphatic rings. The normalized spacial score (nSPS) is 22.3. The molecule has 0 radical (unpaired) electrons. The van der Waals surface area contributed by atoms with Crippen LogP contribution in [0.3, 0.4) is 0 Å². The number of hydrogen-bond donors (Lipinski definition) is 2. The predicted molar refractivity (Wildman–Crippen MR) is 104 cm³/mol. The molecule has 1 fully saturated rings. The third kappa shape index (κ3) is 4.63. The number of benzene rings is 2. The molecular formula is C19H16ClF3N2O5S. The highest BCUT2D eigenvalue weighted by molar-refractivity contribution is 7.89. The molecule has 2 aromatic rings. The molecule has 2 atom stereocenters. The number of ether oxygens (including phenoxy) is 1. The fraction of sp³-hybridized carbons (Fsp3) is 0.316. The minimum absolute atomic E-state index is 0.232. The van der Waals surface area contributed by atoms with E-state index in [4.69, 9.17) is 22.9 Å². The van der Waals surface area contributed by atoms with Crippen LogP contribution >= 0.6 is 11.6 Å². The lowest BCUT2D eigenvalue weighted by Gasteiger charge is -2.27. The van der Waals surface area contributed by atoms with E-state index in [1.54, 1.807) is 0 Å². The van der Waals surface area contributed by atoms with Crippen molar-refractivity contribution in [2.75, 3.05) is 19.7 Å². The number of aliphatic hydroxyl groups excluding tert-OH is 1. The Balaban J connectivity index is 1.88. The molecule has 1 saturated heterocycles. The molecule has 0 bridgehead atoms. The quantitative estimate of drug-likeness (QED) is 0.647. The third-order valence-electron chi connectivity index (χ3n) is 4.81. The second-order valence-electron chi connectivity index (χ2n) is 6.91. The summed E-state index contributed by atoms with van der Waals surface area (Å²) in [6.45, 7) is 5.16. The number of β-amino-alcohol motifs (C(OH)–C–C–N with tert-alkyl or cyclic N) is 1. The molecule has 2 aromatic carbocycles. The molecule has 0 spiro atoms. The number of nitrogens with zero attached hydrogens (tertiary/aromatic N) is 2. The molecule has 3 rings (SSSR count). The summed E-state index contributed by atoms with van der Waals surface area (Å²) in [6, 6.07) is 7.69. The zero-order valence-electron chi connectivity index (χ0n) is 15.7. The van der Waals surface area contributed by atoms with Crippen LogP contribution in [0.2, 0.25) is 5.02 Å². The first-order valence-corrected chi connectivity index (χ1v) is 10.6. The molecular weight excluding hydrogens is 461 g/mol. The van der Waals surface area contributed by atoms with Crippen molar-refractivity contribution in [1.82, 2.24) is 4.31 Å². The summed E-state index contributed by atoms with van der Waals surface area (Å²) in [4.78, 5) is 2.67. The highest BCUT2D eigenvalue weighted by Crippen LogP contribution is 2.36. The molecule has 31 heavy (non-hydrogen) atoms. The Labute approximate surface area is 181 Å². The summed E-state index contributed by atoms with van der Waals surface area (Å²) < 4.78 is 70.9. The highest BCUT2D eigenvalue weighted by atomic mass is 35.5. The number of rotatable bonds is 5. The highest BCUT2D eigenvalue weighted by Gasteiger charge is 2.51. The Kier molecular flexibility index (Phi) is 6.23. The minimum atomic E-state index is -4.70. The molecule has 1 heterocycles. The van der Waals surface area contributed by atoms with E-state index in [0.29, 0.717) is 17.8 Å². The van der Waals surface area contributed by atoms with Crippen LogP contribution in [0, 0.1) is 6.57 Å². The zero-order valence-corrected chi connectivity index (χ0v) is 17.2. The number of halogens is 4. The maximum absolute atomic E-state index is 13.0. The summed E-state index contributed by atoms with van der Waals surface area (Å²) in [6.07, 6.45) is -5.88. The number of hydrogen-bond acceptors (Lipinski definition) is 5. The van der Waals surface area contributed by atoms with Gasteiger partial charge in [0, 0.05) is 6.54 Å². The molecule has 7 nitrogen and oxygen atoms in total. The number of aliphatic hydroxyl groups is 2. The molecule has 0 unspecified atom stereocenters. The Morgan fingerprint density at radius 2 is 1.90 bits per heavy atom. The largest absolute Gasteiger partial charge is 0.486 e. The van der Waals surface area contributed by atoms with Crippen LogP contribution in [0.5, 0.6) is 5.75 Å². The molecule has 0 aliphatic carbocycles. The number of sulfonamides is 1. The van der Waals surface area contributed by atoms with Crippen LogP contribution in [0.4, 0.5) is 18.9 Å². The summed E-state index contributed by atoms with van der Waals surface area (Å²) in [5, 5.41) is 19.7. The fourth-order valence-corrected chi connectivity index (χ4v) is 5.12. The maximum Gasteiger partial charge on any atom is 0.416 e. The van der Waals surface area contributed by atoms with Gasteiger partial charge in [0.25, 0.3) is 0 Å². The molecule has 0 saturated carbocycles. The first-order chi connectivity index (χ1) is 14.4. The average Bonchev–Trinajstić information content (AvgIpc) is 3.05. The maximum atomic E-state index is 13.0. The Morgan fingerprint density at radius 3 is 2.42 bits per heavy atom. The van der Waals surface area contributed by atoms with Crippen LogP contribution in [-0.4, -0.2) is 54.3 Å². The van der Waals surface area contributed by atoms with Crippen molar-refractivity contribution in [3.8, 4) is 5.75 Å². The fourth-order valence-electron chi connectivity index (χ4n) is 3.10. The molecule has 0 amide bonds. The van der Waals surface area contributed by atoms with E-state index in [1.165, 1.54) is 24.3 Å². The van der Waals surface area contributed by atoms with Gasteiger partial charge >= 0.3 is 6.18 Å². The van der Waals surface area contributed by atoms with Crippen molar-refractivity contribution in [2.24, 2.45) is 0 Å². The number of alkyl halides is 3. The van der Waals surface area contributed by atoms with E-state index < -0.39 is 56.5 Å². The van der Waals surface area contributed by atoms with Gasteiger partial charge in [0.2, 0.25) is 10.0 Å². The van der Waals surface area contributed by atoms with Gasteiger partial charge in [0.15, 0.2) is 5.69 Å². The average molecular weight is 477 g/mol. The van der Waals surface area contributed by atoms with Gasteiger partial charge in [0.05, 0.1) is 30.3 Å². The lowest BCUT2D eigenvalue weighted by Crippen LogP contribution is -2.48. The van der Waals surface area contributed by atoms with E-state index in [9.17, 15) is 31.8 Å². The first-order valence-electron chi connectivity index (χ1n) is 8.75. The SMILES string of the molecule is [C-]#[N+]c1ccc(O[C@H]2CN(S(=O)(=O)c3ccc(C(F)(F)F)cc3Cl)C[C@@]2(O)CO)cc1. The van der Waals surface area contributed by atoms with Crippen LogP contribution in [-0.2, 0) is 16.2 Å². The monoisotopic (exact) mass is 476 g/mol. The zero-order chi connectivity index (χ0) is 23.0. The van der Waals surface area contributed by atoms with Crippen LogP contribution in [0.25, 0.3) is 4.85 Å². The Bertz CT molecular complexity index is 1120.